The Hall–Kier alpha value is -0.760. The van der Waals surface area contributed by atoms with E-state index in [9.17, 15) is 17.2 Å². The molecule has 8 heteroatoms. The zero-order valence-corrected chi connectivity index (χ0v) is 10.0. The number of hydrogen-bond donors (Lipinski definition) is 2. The van der Waals surface area contributed by atoms with Gasteiger partial charge in [0.2, 0.25) is 10.0 Å². The smallest absolute Gasteiger partial charge is 0.265 e. The van der Waals surface area contributed by atoms with Gasteiger partial charge in [0.25, 0.3) is 6.43 Å². The molecule has 1 aromatic carbocycles. The average Bonchev–Trinajstić information content (AvgIpc) is 2.26. The van der Waals surface area contributed by atoms with Crippen molar-refractivity contribution in [2.45, 2.75) is 17.4 Å². The van der Waals surface area contributed by atoms with Gasteiger partial charge in [0.05, 0.1) is 5.02 Å². The van der Waals surface area contributed by atoms with E-state index in [1.165, 1.54) is 24.3 Å². The lowest BCUT2D eigenvalue weighted by molar-refractivity contribution is -0.000451. The third-order valence-corrected chi connectivity index (χ3v) is 3.82. The molecule has 0 saturated heterocycles. The molecule has 17 heavy (non-hydrogen) atoms. The molecule has 0 heterocycles. The van der Waals surface area contributed by atoms with Crippen molar-refractivity contribution in [2.24, 2.45) is 0 Å². The first kappa shape index (κ1) is 14.3. The van der Waals surface area contributed by atoms with Crippen LogP contribution in [0.25, 0.3) is 0 Å². The van der Waals surface area contributed by atoms with Crippen LogP contribution in [0.2, 0.25) is 5.02 Å². The second kappa shape index (κ2) is 5.72. The Kier molecular flexibility index (Phi) is 4.81. The highest BCUT2D eigenvalue weighted by atomic mass is 35.5. The fourth-order valence-electron chi connectivity index (χ4n) is 1.02. The van der Waals surface area contributed by atoms with Crippen LogP contribution in [-0.2, 0) is 10.0 Å². The Morgan fingerprint density at radius 3 is 2.47 bits per heavy atom. The first-order valence-corrected chi connectivity index (χ1v) is 6.41. The molecule has 1 rings (SSSR count). The number of sulfonamides is 1. The molecule has 0 aromatic heterocycles. The maximum Gasteiger partial charge on any atom is 0.265 e. The van der Waals surface area contributed by atoms with Crippen LogP contribution < -0.4 is 4.72 Å². The zero-order chi connectivity index (χ0) is 13.1. The lowest BCUT2D eigenvalue weighted by atomic mass is 10.4. The largest absolute Gasteiger partial charge is 0.386 e. The van der Waals surface area contributed by atoms with E-state index >= 15 is 0 Å². The van der Waals surface area contributed by atoms with Crippen LogP contribution in [0, 0.1) is 0 Å². The van der Waals surface area contributed by atoms with Gasteiger partial charge in [-0.2, -0.15) is 0 Å². The predicted octanol–water partition coefficient (Wildman–Crippen LogP) is 1.24. The molecule has 0 radical (unpaired) electrons. The summed E-state index contributed by atoms with van der Waals surface area (Å²) in [5, 5.41) is 8.77. The first-order valence-electron chi connectivity index (χ1n) is 4.55. The number of halogens is 3. The number of rotatable bonds is 5. The van der Waals surface area contributed by atoms with E-state index in [4.69, 9.17) is 16.7 Å². The summed E-state index contributed by atoms with van der Waals surface area (Å²) in [4.78, 5) is -0.219. The van der Waals surface area contributed by atoms with E-state index < -0.39 is 29.1 Å². The molecule has 2 N–H and O–H groups in total. The fourth-order valence-corrected chi connectivity index (χ4v) is 2.59. The minimum absolute atomic E-state index is 0.0217. The predicted molar refractivity (Wildman–Crippen MR) is 58.7 cm³/mol. The summed E-state index contributed by atoms with van der Waals surface area (Å²) in [5.41, 5.74) is 0. The molecule has 0 aliphatic rings. The molecule has 0 saturated carbocycles. The third-order valence-electron chi connectivity index (χ3n) is 1.90. The van der Waals surface area contributed by atoms with Gasteiger partial charge in [-0.1, -0.05) is 23.7 Å². The molecular weight excluding hydrogens is 276 g/mol. The topological polar surface area (TPSA) is 66.4 Å². The van der Waals surface area contributed by atoms with Crippen LogP contribution in [-0.4, -0.2) is 32.6 Å². The van der Waals surface area contributed by atoms with E-state index in [1.54, 1.807) is 0 Å². The summed E-state index contributed by atoms with van der Waals surface area (Å²) in [5.74, 6) is 0. The first-order chi connectivity index (χ1) is 7.84. The normalized spacial score (nSPS) is 13.9. The number of benzene rings is 1. The quantitative estimate of drug-likeness (QED) is 0.855. The Morgan fingerprint density at radius 2 is 1.94 bits per heavy atom. The van der Waals surface area contributed by atoms with Crippen molar-refractivity contribution in [3.63, 3.8) is 0 Å². The number of nitrogens with one attached hydrogen (secondary N) is 1. The molecule has 1 aromatic rings. The SMILES string of the molecule is O=S(=O)(NCC(O)C(F)F)c1ccccc1Cl. The highest BCUT2D eigenvalue weighted by molar-refractivity contribution is 7.89. The maximum atomic E-state index is 12.0. The second-order valence-corrected chi connectivity index (χ2v) is 5.33. The second-order valence-electron chi connectivity index (χ2n) is 3.18. The zero-order valence-electron chi connectivity index (χ0n) is 8.48. The molecule has 0 aliphatic heterocycles. The van der Waals surface area contributed by atoms with Gasteiger partial charge in [0.1, 0.15) is 11.0 Å². The van der Waals surface area contributed by atoms with Crippen LogP contribution in [0.15, 0.2) is 29.2 Å². The van der Waals surface area contributed by atoms with Crippen LogP contribution in [0.1, 0.15) is 0 Å². The van der Waals surface area contributed by atoms with E-state index in [0.29, 0.717) is 0 Å². The fraction of sp³-hybridized carbons (Fsp3) is 0.333. The van der Waals surface area contributed by atoms with Crippen LogP contribution >= 0.6 is 11.6 Å². The summed E-state index contributed by atoms with van der Waals surface area (Å²) in [6.07, 6.45) is -5.06. The number of aliphatic hydroxyl groups excluding tert-OH is 1. The summed E-state index contributed by atoms with van der Waals surface area (Å²) in [6.45, 7) is -0.773. The molecule has 1 unspecified atom stereocenters. The van der Waals surface area contributed by atoms with Crippen LogP contribution in [0.4, 0.5) is 8.78 Å². The van der Waals surface area contributed by atoms with Gasteiger partial charge in [-0.15, -0.1) is 0 Å². The highest BCUT2D eigenvalue weighted by Gasteiger charge is 2.22. The lowest BCUT2D eigenvalue weighted by Crippen LogP contribution is -2.35. The highest BCUT2D eigenvalue weighted by Crippen LogP contribution is 2.20. The monoisotopic (exact) mass is 285 g/mol. The van der Waals surface area contributed by atoms with Gasteiger partial charge in [-0.05, 0) is 12.1 Å². The number of hydrogen-bond acceptors (Lipinski definition) is 3. The Bertz CT molecular complexity index is 481. The Morgan fingerprint density at radius 1 is 1.35 bits per heavy atom. The summed E-state index contributed by atoms with van der Waals surface area (Å²) in [7, 11) is -3.99. The molecular formula is C9H10ClF2NO3S. The number of aliphatic hydroxyl groups is 1. The van der Waals surface area contributed by atoms with Gasteiger partial charge in [0.15, 0.2) is 0 Å². The van der Waals surface area contributed by atoms with Crippen molar-refractivity contribution in [3.05, 3.63) is 29.3 Å². The van der Waals surface area contributed by atoms with Gasteiger partial charge in [-0.25, -0.2) is 21.9 Å². The minimum atomic E-state index is -3.99. The van der Waals surface area contributed by atoms with Crippen LogP contribution in [0.5, 0.6) is 0 Å². The van der Waals surface area contributed by atoms with Crippen molar-refractivity contribution in [1.82, 2.24) is 4.72 Å². The van der Waals surface area contributed by atoms with E-state index in [0.717, 1.165) is 0 Å². The summed E-state index contributed by atoms with van der Waals surface area (Å²) in [6, 6.07) is 5.58. The standard InChI is InChI=1S/C9H10ClF2NO3S/c10-6-3-1-2-4-8(6)17(15,16)13-5-7(14)9(11)12/h1-4,7,9,13-14H,5H2. The van der Waals surface area contributed by atoms with Gasteiger partial charge in [-0.3, -0.25) is 0 Å². The van der Waals surface area contributed by atoms with Gasteiger partial charge >= 0.3 is 0 Å². The van der Waals surface area contributed by atoms with Crippen molar-refractivity contribution in [3.8, 4) is 0 Å². The van der Waals surface area contributed by atoms with Gasteiger partial charge in [0, 0.05) is 6.54 Å². The van der Waals surface area contributed by atoms with Crippen molar-refractivity contribution >= 4 is 21.6 Å². The molecule has 0 spiro atoms. The van der Waals surface area contributed by atoms with Crippen molar-refractivity contribution in [2.75, 3.05) is 6.54 Å². The molecule has 0 aliphatic carbocycles. The number of alkyl halides is 2. The molecule has 0 bridgehead atoms. The Labute approximate surface area is 102 Å². The van der Waals surface area contributed by atoms with E-state index in [2.05, 4.69) is 0 Å². The summed E-state index contributed by atoms with van der Waals surface area (Å²) >= 11 is 5.66. The minimum Gasteiger partial charge on any atom is -0.386 e. The van der Waals surface area contributed by atoms with Crippen LogP contribution in [0.3, 0.4) is 0 Å². The lowest BCUT2D eigenvalue weighted by Gasteiger charge is -2.11. The van der Waals surface area contributed by atoms with Crippen molar-refractivity contribution < 1.29 is 22.3 Å². The summed E-state index contributed by atoms with van der Waals surface area (Å²) < 4.78 is 49.1. The van der Waals surface area contributed by atoms with Gasteiger partial charge < -0.3 is 5.11 Å². The third kappa shape index (κ3) is 3.88. The maximum absolute atomic E-state index is 12.0. The van der Waals surface area contributed by atoms with Crippen molar-refractivity contribution in [1.29, 1.82) is 0 Å². The van der Waals surface area contributed by atoms with E-state index in [-0.39, 0.29) is 9.92 Å². The molecule has 1 atom stereocenters. The Balaban J connectivity index is 2.80. The average molecular weight is 286 g/mol. The molecule has 0 amide bonds. The molecule has 0 fully saturated rings. The van der Waals surface area contributed by atoms with E-state index in [1.807, 2.05) is 4.72 Å². The molecule has 4 nitrogen and oxygen atoms in total. The molecule has 96 valence electrons.